The van der Waals surface area contributed by atoms with E-state index in [1.165, 1.54) is 6.07 Å². The van der Waals surface area contributed by atoms with Crippen LogP contribution in [0.5, 0.6) is 5.75 Å². The summed E-state index contributed by atoms with van der Waals surface area (Å²) in [6.07, 6.45) is 1.14. The summed E-state index contributed by atoms with van der Waals surface area (Å²) in [5.41, 5.74) is 1.31. The normalized spacial score (nSPS) is 36.3. The van der Waals surface area contributed by atoms with E-state index in [4.69, 9.17) is 4.74 Å². The zero-order chi connectivity index (χ0) is 26.6. The van der Waals surface area contributed by atoms with Gasteiger partial charge >= 0.3 is 5.97 Å². The molecule has 196 valence electrons. The van der Waals surface area contributed by atoms with Crippen molar-refractivity contribution in [2.24, 2.45) is 46.3 Å². The summed E-state index contributed by atoms with van der Waals surface area (Å²) >= 11 is 0. The van der Waals surface area contributed by atoms with Crippen LogP contribution in [-0.2, 0) is 22.6 Å². The molecule has 10 nitrogen and oxygen atoms in total. The maximum absolute atomic E-state index is 14.5. The van der Waals surface area contributed by atoms with E-state index in [0.717, 1.165) is 21.8 Å². The third kappa shape index (κ3) is 2.13. The first-order chi connectivity index (χ1) is 18.8. The number of hydrogen-bond acceptors (Lipinski definition) is 7. The van der Waals surface area contributed by atoms with Crippen molar-refractivity contribution in [2.45, 2.75) is 19.9 Å². The Morgan fingerprint density at radius 1 is 1.08 bits per heavy atom. The number of carbonyl (C=O) groups is 4. The fourth-order valence-corrected chi connectivity index (χ4v) is 9.91. The Balaban J connectivity index is 0.928. The smallest absolute Gasteiger partial charge is 0.315 e. The molecule has 0 unspecified atom stereocenters. The second-order valence-electron chi connectivity index (χ2n) is 12.0. The summed E-state index contributed by atoms with van der Waals surface area (Å²) < 4.78 is 20.7. The number of ketones is 1. The lowest BCUT2D eigenvalue weighted by molar-refractivity contribution is -0.638. The average molecular weight is 528 g/mol. The minimum absolute atomic E-state index is 0.0249. The van der Waals surface area contributed by atoms with Gasteiger partial charge in [0.2, 0.25) is 0 Å². The number of fused-ring (bicyclic) bond motifs is 2. The molecule has 0 radical (unpaired) electrons. The maximum atomic E-state index is 14.5. The van der Waals surface area contributed by atoms with E-state index in [-0.39, 0.29) is 46.8 Å². The predicted octanol–water partition coefficient (Wildman–Crippen LogP) is 1.32. The lowest BCUT2D eigenvalue weighted by Gasteiger charge is -3.11. The molecule has 2 N–H and O–H groups in total. The van der Waals surface area contributed by atoms with Gasteiger partial charge in [-0.15, -0.1) is 0 Å². The van der Waals surface area contributed by atoms with Crippen LogP contribution < -0.4 is 15.4 Å². The van der Waals surface area contributed by atoms with E-state index in [0.29, 0.717) is 53.6 Å². The van der Waals surface area contributed by atoms with E-state index < -0.39 is 17.6 Å². The molecule has 2 aromatic heterocycles. The molecule has 1 aromatic carbocycles. The zero-order valence-corrected chi connectivity index (χ0v) is 20.7. The summed E-state index contributed by atoms with van der Waals surface area (Å²) in [4.78, 5) is 54.1. The molecule has 10 rings (SSSR count). The van der Waals surface area contributed by atoms with Crippen molar-refractivity contribution in [3.05, 3.63) is 58.8 Å². The fraction of sp³-hybridized carbons (Fsp3) is 0.429. The van der Waals surface area contributed by atoms with Crippen LogP contribution in [0.2, 0.25) is 0 Å². The van der Waals surface area contributed by atoms with Crippen molar-refractivity contribution in [3.8, 4) is 5.75 Å². The quantitative estimate of drug-likeness (QED) is 0.350. The van der Waals surface area contributed by atoms with Gasteiger partial charge in [-0.1, -0.05) is 6.07 Å². The number of amides is 2. The number of hydrogen-bond donors (Lipinski definition) is 2. The predicted molar refractivity (Wildman–Crippen MR) is 129 cm³/mol. The van der Waals surface area contributed by atoms with Crippen molar-refractivity contribution < 1.29 is 28.3 Å². The number of carbonyl (C=O) groups excluding carboxylic acids is 4. The van der Waals surface area contributed by atoms with Crippen molar-refractivity contribution in [2.75, 3.05) is 6.54 Å². The molecule has 2 amide bonds. The SMILES string of the molecule is CC(=O)C12C3C4C1C1C2C3C41CNC(=O)c1cc(C(=O)NCc2ccc3c(c2)CC(=O)O3)nc2c(F)cnn12. The van der Waals surface area contributed by atoms with E-state index in [1.807, 2.05) is 0 Å². The summed E-state index contributed by atoms with van der Waals surface area (Å²) in [6, 6.07) is 6.53. The molecule has 0 spiro atoms. The fourth-order valence-electron chi connectivity index (χ4n) is 9.91. The Labute approximate surface area is 220 Å². The van der Waals surface area contributed by atoms with Gasteiger partial charge in [0.05, 0.1) is 12.6 Å². The maximum Gasteiger partial charge on any atom is 0.315 e. The van der Waals surface area contributed by atoms with Crippen LogP contribution in [0.1, 0.15) is 39.0 Å². The van der Waals surface area contributed by atoms with Gasteiger partial charge in [0.15, 0.2) is 11.5 Å². The van der Waals surface area contributed by atoms with Crippen LogP contribution in [0.15, 0.2) is 30.5 Å². The number of ether oxygens (including phenoxy) is 1. The number of Topliss-reactive ketones (excluding diaryl/α,β-unsaturated/α-hetero) is 1. The van der Waals surface area contributed by atoms with E-state index >= 15 is 0 Å². The van der Waals surface area contributed by atoms with Crippen LogP contribution in [0, 0.1) is 52.2 Å². The molecule has 6 aliphatic carbocycles. The zero-order valence-electron chi connectivity index (χ0n) is 20.7. The number of aromatic nitrogens is 3. The third-order valence-corrected chi connectivity index (χ3v) is 11.0. The Morgan fingerprint density at radius 2 is 1.82 bits per heavy atom. The molecule has 1 aliphatic heterocycles. The Bertz CT molecular complexity index is 1690. The van der Waals surface area contributed by atoms with Crippen molar-refractivity contribution in [1.82, 2.24) is 25.2 Å². The first-order valence-electron chi connectivity index (χ1n) is 13.2. The number of nitrogens with zero attached hydrogens (tertiary/aromatic N) is 3. The number of nitrogens with one attached hydrogen (secondary N) is 2. The van der Waals surface area contributed by atoms with Crippen molar-refractivity contribution in [1.29, 1.82) is 0 Å². The molecule has 39 heavy (non-hydrogen) atoms. The summed E-state index contributed by atoms with van der Waals surface area (Å²) in [6.45, 7) is 2.39. The average Bonchev–Trinajstić information content (AvgIpc) is 3.50. The standard InChI is InChI=1S/C28H22FN5O5/c1-10(35)28-21-18-22(28)20-23(28)19(21)27(18,20)9-31-26(38)15-6-14(33-24-13(29)8-32-34(15)24)25(37)30-7-11-2-3-16-12(4-11)5-17(36)39-16/h2-4,6,8,18-23H,5,7,9H2,1H3,(H,30,37)(H,31,38). The highest BCUT2D eigenvalue weighted by molar-refractivity contribution is 5.98. The van der Waals surface area contributed by atoms with Crippen molar-refractivity contribution >= 4 is 29.2 Å². The van der Waals surface area contributed by atoms with Gasteiger partial charge in [-0.05, 0) is 65.5 Å². The summed E-state index contributed by atoms with van der Waals surface area (Å²) in [5.74, 6) is 1.90. The first-order valence-corrected chi connectivity index (χ1v) is 13.2. The van der Waals surface area contributed by atoms with Crippen LogP contribution in [0.4, 0.5) is 4.39 Å². The molecule has 7 aliphatic rings. The number of benzene rings is 1. The molecule has 3 aromatic rings. The van der Waals surface area contributed by atoms with E-state index in [1.54, 1.807) is 25.1 Å². The number of rotatable bonds is 7. The topological polar surface area (TPSA) is 132 Å². The highest BCUT2D eigenvalue weighted by Gasteiger charge is 3.10. The monoisotopic (exact) mass is 527 g/mol. The molecule has 0 atom stereocenters. The number of esters is 1. The Morgan fingerprint density at radius 3 is 2.54 bits per heavy atom. The minimum Gasteiger partial charge on any atom is -0.426 e. The van der Waals surface area contributed by atoms with Crippen LogP contribution in [-0.4, -0.2) is 44.7 Å². The summed E-state index contributed by atoms with van der Waals surface area (Å²) in [7, 11) is 0. The molecule has 6 saturated carbocycles. The Kier molecular flexibility index (Phi) is 3.64. The number of halogens is 1. The largest absolute Gasteiger partial charge is 0.426 e. The van der Waals surface area contributed by atoms with E-state index in [2.05, 4.69) is 20.7 Å². The van der Waals surface area contributed by atoms with Gasteiger partial charge in [0.25, 0.3) is 11.8 Å². The molecule has 3 heterocycles. The van der Waals surface area contributed by atoms with Crippen LogP contribution in [0.25, 0.3) is 5.65 Å². The van der Waals surface area contributed by atoms with Gasteiger partial charge in [-0.25, -0.2) is 13.9 Å². The molecule has 0 bridgehead atoms. The third-order valence-electron chi connectivity index (χ3n) is 11.0. The molecular formula is C28H22FN5O5. The molecular weight excluding hydrogens is 505 g/mol. The van der Waals surface area contributed by atoms with Gasteiger partial charge < -0.3 is 15.4 Å². The molecule has 11 heteroatoms. The minimum atomic E-state index is -0.738. The van der Waals surface area contributed by atoms with E-state index in [9.17, 15) is 23.6 Å². The Hall–Kier alpha value is -4.15. The van der Waals surface area contributed by atoms with Gasteiger partial charge in [0, 0.05) is 30.1 Å². The second kappa shape index (κ2) is 6.52. The highest BCUT2D eigenvalue weighted by Crippen LogP contribution is 3.10. The van der Waals surface area contributed by atoms with Crippen molar-refractivity contribution in [3.63, 3.8) is 0 Å². The summed E-state index contributed by atoms with van der Waals surface area (Å²) in [5, 5.41) is 9.74. The lowest BCUT2D eigenvalue weighted by Crippen LogP contribution is -3.11. The first kappa shape index (κ1) is 21.7. The lowest BCUT2D eigenvalue weighted by atomic mass is 8.92. The molecule has 0 saturated heterocycles. The molecule has 6 fully saturated rings. The van der Waals surface area contributed by atoms with Gasteiger partial charge in [-0.2, -0.15) is 5.10 Å². The second-order valence-corrected chi connectivity index (χ2v) is 12.0. The van der Waals surface area contributed by atoms with Gasteiger partial charge in [0.1, 0.15) is 22.9 Å². The van der Waals surface area contributed by atoms with Crippen LogP contribution in [0.3, 0.4) is 0 Å². The van der Waals surface area contributed by atoms with Crippen LogP contribution >= 0.6 is 0 Å². The van der Waals surface area contributed by atoms with Gasteiger partial charge in [-0.3, -0.25) is 19.2 Å². The highest BCUT2D eigenvalue weighted by atomic mass is 19.1.